The molecule has 0 radical (unpaired) electrons. The van der Waals surface area contributed by atoms with Crippen LogP contribution in [0.2, 0.25) is 5.02 Å². The number of hydrogen-bond acceptors (Lipinski definition) is 5. The first-order valence-corrected chi connectivity index (χ1v) is 11.1. The Morgan fingerprint density at radius 3 is 2.53 bits per heavy atom. The first-order chi connectivity index (χ1) is 16.3. The lowest BCUT2D eigenvalue weighted by Gasteiger charge is -2.22. The van der Waals surface area contributed by atoms with E-state index in [0.29, 0.717) is 10.8 Å². The van der Waals surface area contributed by atoms with E-state index >= 15 is 0 Å². The van der Waals surface area contributed by atoms with E-state index < -0.39 is 11.4 Å². The summed E-state index contributed by atoms with van der Waals surface area (Å²) in [6, 6.07) is 21.4. The zero-order valence-electron chi connectivity index (χ0n) is 18.9. The zero-order chi connectivity index (χ0) is 24.0. The van der Waals surface area contributed by atoms with Gasteiger partial charge in [-0.05, 0) is 60.9 Å². The lowest BCUT2D eigenvalue weighted by Crippen LogP contribution is -2.28. The van der Waals surface area contributed by atoms with Crippen LogP contribution in [0.25, 0.3) is 27.8 Å². The first-order valence-electron chi connectivity index (χ1n) is 10.7. The highest BCUT2D eigenvalue weighted by Crippen LogP contribution is 2.34. The summed E-state index contributed by atoms with van der Waals surface area (Å²) in [4.78, 5) is 18.3. The van der Waals surface area contributed by atoms with E-state index in [4.69, 9.17) is 16.6 Å². The highest BCUT2D eigenvalue weighted by atomic mass is 35.5. The number of halogens is 1. The number of hydrogen-bond donors (Lipinski definition) is 1. The number of rotatable bonds is 5. The van der Waals surface area contributed by atoms with E-state index in [1.807, 2.05) is 77.0 Å². The Morgan fingerprint density at radius 2 is 1.79 bits per heavy atom. The van der Waals surface area contributed by atoms with Gasteiger partial charge in [-0.25, -0.2) is 0 Å². The van der Waals surface area contributed by atoms with E-state index in [1.54, 1.807) is 20.2 Å². The molecule has 0 aliphatic heterocycles. The molecule has 3 aromatic carbocycles. The van der Waals surface area contributed by atoms with Crippen molar-refractivity contribution in [2.45, 2.75) is 19.3 Å². The molecule has 5 aromatic rings. The maximum atomic E-state index is 11.6. The average Bonchev–Trinajstić information content (AvgIpc) is 3.32. The highest BCUT2D eigenvalue weighted by molar-refractivity contribution is 6.31. The summed E-state index contributed by atoms with van der Waals surface area (Å²) in [7, 11) is 1.96. The Bertz CT molecular complexity index is 1540. The third kappa shape index (κ3) is 3.64. The van der Waals surface area contributed by atoms with Crippen LogP contribution in [0.4, 0.5) is 11.5 Å². The SMILES string of the molecule is CN(c1cccc(-c2ccc(C(C)(C)C(=O)O)cc2)c1)c1nc2nncn2c2cc(Cl)ccc12. The summed E-state index contributed by atoms with van der Waals surface area (Å²) < 4.78 is 1.81. The lowest BCUT2D eigenvalue weighted by atomic mass is 9.84. The quantitative estimate of drug-likeness (QED) is 0.352. The van der Waals surface area contributed by atoms with Crippen LogP contribution in [0.5, 0.6) is 0 Å². The van der Waals surface area contributed by atoms with Crippen molar-refractivity contribution in [3.63, 3.8) is 0 Å². The molecule has 2 heterocycles. The maximum Gasteiger partial charge on any atom is 0.313 e. The molecular formula is C26H22ClN5O2. The minimum Gasteiger partial charge on any atom is -0.481 e. The molecule has 8 heteroatoms. The molecule has 0 saturated heterocycles. The van der Waals surface area contributed by atoms with Crippen molar-refractivity contribution in [1.82, 2.24) is 19.6 Å². The normalized spacial score (nSPS) is 11.8. The van der Waals surface area contributed by atoms with Gasteiger partial charge in [-0.15, -0.1) is 10.2 Å². The van der Waals surface area contributed by atoms with Crippen LogP contribution >= 0.6 is 11.6 Å². The topological polar surface area (TPSA) is 83.6 Å². The Hall–Kier alpha value is -3.97. The summed E-state index contributed by atoms with van der Waals surface area (Å²) >= 11 is 6.26. The fourth-order valence-electron chi connectivity index (χ4n) is 4.00. The van der Waals surface area contributed by atoms with E-state index in [-0.39, 0.29) is 0 Å². The molecule has 0 unspecified atom stereocenters. The predicted molar refractivity (Wildman–Crippen MR) is 134 cm³/mol. The van der Waals surface area contributed by atoms with Crippen LogP contribution in [-0.2, 0) is 10.2 Å². The molecular weight excluding hydrogens is 450 g/mol. The minimum absolute atomic E-state index is 0.490. The van der Waals surface area contributed by atoms with Gasteiger partial charge in [-0.1, -0.05) is 48.0 Å². The molecule has 0 amide bonds. The summed E-state index contributed by atoms with van der Waals surface area (Å²) in [5, 5.41) is 19.2. The lowest BCUT2D eigenvalue weighted by molar-refractivity contribution is -0.142. The highest BCUT2D eigenvalue weighted by Gasteiger charge is 2.29. The summed E-state index contributed by atoms with van der Waals surface area (Å²) in [6.45, 7) is 3.41. The van der Waals surface area contributed by atoms with E-state index in [0.717, 1.165) is 39.1 Å². The van der Waals surface area contributed by atoms with Crippen LogP contribution < -0.4 is 4.90 Å². The number of fused-ring (bicyclic) bond motifs is 3. The minimum atomic E-state index is -0.948. The van der Waals surface area contributed by atoms with Crippen molar-refractivity contribution < 1.29 is 9.90 Å². The van der Waals surface area contributed by atoms with E-state index in [1.165, 1.54) is 0 Å². The van der Waals surface area contributed by atoms with Gasteiger partial charge in [0.25, 0.3) is 5.78 Å². The van der Waals surface area contributed by atoms with Crippen molar-refractivity contribution in [3.05, 3.63) is 83.6 Å². The first kappa shape index (κ1) is 21.9. The monoisotopic (exact) mass is 471 g/mol. The molecule has 0 aliphatic carbocycles. The maximum absolute atomic E-state index is 11.6. The number of aliphatic carboxylic acids is 1. The molecule has 7 nitrogen and oxygen atoms in total. The van der Waals surface area contributed by atoms with E-state index in [2.05, 4.69) is 16.3 Å². The van der Waals surface area contributed by atoms with Gasteiger partial charge in [-0.3, -0.25) is 9.20 Å². The molecule has 0 spiro atoms. The second kappa shape index (κ2) is 8.11. The van der Waals surface area contributed by atoms with Crippen molar-refractivity contribution in [2.75, 3.05) is 11.9 Å². The molecule has 0 aliphatic rings. The second-order valence-electron chi connectivity index (χ2n) is 8.71. The van der Waals surface area contributed by atoms with Crippen LogP contribution in [0.1, 0.15) is 19.4 Å². The number of benzene rings is 3. The van der Waals surface area contributed by atoms with Gasteiger partial charge in [0, 0.05) is 23.1 Å². The number of carbonyl (C=O) groups is 1. The number of aromatic nitrogens is 4. The van der Waals surface area contributed by atoms with Crippen LogP contribution in [0, 0.1) is 0 Å². The second-order valence-corrected chi connectivity index (χ2v) is 9.15. The summed E-state index contributed by atoms with van der Waals surface area (Å²) in [5.74, 6) is 0.377. The number of anilines is 2. The smallest absolute Gasteiger partial charge is 0.313 e. The number of nitrogens with zero attached hydrogens (tertiary/aromatic N) is 5. The largest absolute Gasteiger partial charge is 0.481 e. The van der Waals surface area contributed by atoms with Gasteiger partial charge in [0.05, 0.1) is 10.9 Å². The fourth-order valence-corrected chi connectivity index (χ4v) is 4.16. The Labute approximate surface area is 201 Å². The third-order valence-electron chi connectivity index (χ3n) is 6.22. The zero-order valence-corrected chi connectivity index (χ0v) is 19.7. The molecule has 0 saturated carbocycles. The Kier molecular flexibility index (Phi) is 5.21. The summed E-state index contributed by atoms with van der Waals surface area (Å²) in [6.07, 6.45) is 1.63. The van der Waals surface area contributed by atoms with Gasteiger partial charge in [0.15, 0.2) is 0 Å². The van der Waals surface area contributed by atoms with Gasteiger partial charge < -0.3 is 10.0 Å². The molecule has 0 atom stereocenters. The van der Waals surface area contributed by atoms with Gasteiger partial charge in [0.1, 0.15) is 12.1 Å². The molecule has 1 N–H and O–H groups in total. The van der Waals surface area contributed by atoms with Gasteiger partial charge in [-0.2, -0.15) is 4.98 Å². The molecule has 2 aromatic heterocycles. The predicted octanol–water partition coefficient (Wildman–Crippen LogP) is 5.73. The van der Waals surface area contributed by atoms with Crippen LogP contribution in [0.3, 0.4) is 0 Å². The number of carboxylic acids is 1. The number of carboxylic acid groups (broad SMARTS) is 1. The van der Waals surface area contributed by atoms with E-state index in [9.17, 15) is 9.90 Å². The molecule has 170 valence electrons. The summed E-state index contributed by atoms with van der Waals surface area (Å²) in [5.41, 5.74) is 3.64. The Balaban J connectivity index is 1.55. The molecule has 34 heavy (non-hydrogen) atoms. The van der Waals surface area contributed by atoms with Crippen molar-refractivity contribution in [1.29, 1.82) is 0 Å². The van der Waals surface area contributed by atoms with Crippen LogP contribution in [0.15, 0.2) is 73.1 Å². The van der Waals surface area contributed by atoms with Gasteiger partial charge in [0.2, 0.25) is 0 Å². The van der Waals surface area contributed by atoms with Crippen molar-refractivity contribution in [2.24, 2.45) is 0 Å². The molecule has 0 fully saturated rings. The van der Waals surface area contributed by atoms with Crippen molar-refractivity contribution in [3.8, 4) is 11.1 Å². The van der Waals surface area contributed by atoms with Crippen LogP contribution in [-0.4, -0.2) is 37.7 Å². The average molecular weight is 472 g/mol. The molecule has 5 rings (SSSR count). The fraction of sp³-hybridized carbons (Fsp3) is 0.154. The van der Waals surface area contributed by atoms with Gasteiger partial charge >= 0.3 is 5.97 Å². The van der Waals surface area contributed by atoms with Crippen molar-refractivity contribution >= 4 is 45.8 Å². The Morgan fingerprint density at radius 1 is 1.03 bits per heavy atom. The molecule has 0 bridgehead atoms. The third-order valence-corrected chi connectivity index (χ3v) is 6.46. The standard InChI is InChI=1S/C26H22ClN5O2/c1-26(2,24(33)34)18-9-7-16(8-10-18)17-5-4-6-20(13-17)31(3)23-21-12-11-19(27)14-22(21)32-15-28-30-25(32)29-23/h4-15H,1-3H3,(H,33,34).